The molecule has 0 unspecified atom stereocenters. The number of aromatic nitrogens is 2. The van der Waals surface area contributed by atoms with Crippen molar-refractivity contribution in [1.29, 1.82) is 0 Å². The first-order chi connectivity index (χ1) is 17.5. The number of hydrogen-bond acceptors (Lipinski definition) is 6. The minimum absolute atomic E-state index is 0.0465. The van der Waals surface area contributed by atoms with Gasteiger partial charge in [0.1, 0.15) is 23.9 Å². The van der Waals surface area contributed by atoms with Crippen LogP contribution in [0.25, 0.3) is 5.52 Å². The van der Waals surface area contributed by atoms with E-state index in [2.05, 4.69) is 10.4 Å². The molecule has 1 aromatic carbocycles. The Morgan fingerprint density at radius 2 is 2.00 bits per heavy atom. The molecule has 9 nitrogen and oxygen atoms in total. The molecule has 2 amide bonds. The summed E-state index contributed by atoms with van der Waals surface area (Å²) in [6.45, 7) is 3.50. The molecule has 2 saturated carbocycles. The summed E-state index contributed by atoms with van der Waals surface area (Å²) in [6, 6.07) is 7.55. The fourth-order valence-corrected chi connectivity index (χ4v) is 5.34. The van der Waals surface area contributed by atoms with Crippen molar-refractivity contribution in [2.24, 2.45) is 11.1 Å². The fraction of sp³-hybridized carbons (Fsp3) is 0.444. The van der Waals surface area contributed by atoms with Gasteiger partial charge in [-0.25, -0.2) is 8.91 Å². The van der Waals surface area contributed by atoms with E-state index in [1.165, 1.54) is 12.1 Å². The summed E-state index contributed by atoms with van der Waals surface area (Å²) in [4.78, 5) is 24.3. The van der Waals surface area contributed by atoms with E-state index >= 15 is 0 Å². The van der Waals surface area contributed by atoms with Crippen LogP contribution in [0.4, 0.5) is 4.39 Å². The third kappa shape index (κ3) is 5.53. The standard InChI is InChI=1S/C27H31FN4O5/c1-26(2,35)15-36-19-4-5-22-16(13-30-32(22)14-19)7-24(33)31-18-9-27(10-18)11-20(12-27)37-23-6-3-17(28)8-21(23)25(29)34/h3-6,8,13-14,18,20,35H,7,9-12,15H2,1-2H3,(H2,29,34)(H,31,33). The van der Waals surface area contributed by atoms with E-state index in [1.54, 1.807) is 36.8 Å². The zero-order valence-electron chi connectivity index (χ0n) is 20.9. The van der Waals surface area contributed by atoms with Gasteiger partial charge in [-0.05, 0) is 75.3 Å². The molecule has 0 bridgehead atoms. The lowest BCUT2D eigenvalue weighted by atomic mass is 9.53. The Hall–Kier alpha value is -3.66. The molecule has 3 aromatic rings. The van der Waals surface area contributed by atoms with Crippen molar-refractivity contribution >= 4 is 17.3 Å². The van der Waals surface area contributed by atoms with Crippen LogP contribution in [0.3, 0.4) is 0 Å². The smallest absolute Gasteiger partial charge is 0.252 e. The summed E-state index contributed by atoms with van der Waals surface area (Å²) < 4.78 is 26.6. The van der Waals surface area contributed by atoms with Gasteiger partial charge >= 0.3 is 0 Å². The molecule has 2 aliphatic rings. The highest BCUT2D eigenvalue weighted by atomic mass is 19.1. The highest BCUT2D eigenvalue weighted by molar-refractivity contribution is 5.95. The van der Waals surface area contributed by atoms with Crippen molar-refractivity contribution in [2.75, 3.05) is 6.61 Å². The average molecular weight is 511 g/mol. The van der Waals surface area contributed by atoms with Crippen LogP contribution in [0, 0.1) is 11.2 Å². The summed E-state index contributed by atoms with van der Waals surface area (Å²) in [5.41, 5.74) is 6.23. The molecule has 5 rings (SSSR count). The Kier molecular flexibility index (Phi) is 6.31. The topological polar surface area (TPSA) is 128 Å². The van der Waals surface area contributed by atoms with Crippen molar-refractivity contribution in [2.45, 2.75) is 63.7 Å². The average Bonchev–Trinajstić information content (AvgIpc) is 3.17. The number of carbonyl (C=O) groups is 2. The maximum atomic E-state index is 13.4. The number of nitrogens with one attached hydrogen (secondary N) is 1. The van der Waals surface area contributed by atoms with E-state index in [4.69, 9.17) is 15.2 Å². The number of primary amides is 1. The second-order valence-electron chi connectivity index (χ2n) is 11.0. The SMILES string of the molecule is CC(C)(O)COc1ccc2c(CC(=O)NC3CC4(C3)CC(Oc3ccc(F)cc3C(N)=O)C4)cnn2c1. The normalized spacial score (nSPS) is 22.8. The summed E-state index contributed by atoms with van der Waals surface area (Å²) in [7, 11) is 0. The largest absolute Gasteiger partial charge is 0.490 e. The maximum absolute atomic E-state index is 13.4. The molecular weight excluding hydrogens is 479 g/mol. The Balaban J connectivity index is 1.09. The molecule has 2 aromatic heterocycles. The first kappa shape index (κ1) is 25.0. The quantitative estimate of drug-likeness (QED) is 0.406. The number of amides is 2. The molecule has 0 aliphatic heterocycles. The first-order valence-corrected chi connectivity index (χ1v) is 12.4. The predicted octanol–water partition coefficient (Wildman–Crippen LogP) is 2.77. The summed E-state index contributed by atoms with van der Waals surface area (Å²) >= 11 is 0. The number of hydrogen-bond donors (Lipinski definition) is 3. The van der Waals surface area contributed by atoms with Gasteiger partial charge in [-0.3, -0.25) is 9.59 Å². The lowest BCUT2D eigenvalue weighted by molar-refractivity contribution is -0.126. The van der Waals surface area contributed by atoms with E-state index in [0.29, 0.717) is 11.5 Å². The van der Waals surface area contributed by atoms with Crippen molar-refractivity contribution in [3.8, 4) is 11.5 Å². The van der Waals surface area contributed by atoms with Crippen LogP contribution in [-0.4, -0.2) is 50.9 Å². The number of rotatable bonds is 9. The summed E-state index contributed by atoms with van der Waals surface area (Å²) in [5, 5.41) is 17.3. The number of nitrogens with zero attached hydrogens (tertiary/aromatic N) is 2. The molecule has 2 aliphatic carbocycles. The van der Waals surface area contributed by atoms with Gasteiger partial charge in [0.2, 0.25) is 5.91 Å². The molecule has 0 radical (unpaired) electrons. The minimum atomic E-state index is -0.938. The maximum Gasteiger partial charge on any atom is 0.252 e. The lowest BCUT2D eigenvalue weighted by Gasteiger charge is -2.57. The van der Waals surface area contributed by atoms with Gasteiger partial charge in [0.25, 0.3) is 5.91 Å². The van der Waals surface area contributed by atoms with Crippen LogP contribution in [-0.2, 0) is 11.2 Å². The highest BCUT2D eigenvalue weighted by Crippen LogP contribution is 2.56. The van der Waals surface area contributed by atoms with Crippen molar-refractivity contribution in [3.05, 3.63) is 59.7 Å². The van der Waals surface area contributed by atoms with Crippen LogP contribution >= 0.6 is 0 Å². The molecule has 2 heterocycles. The summed E-state index contributed by atoms with van der Waals surface area (Å²) in [5.74, 6) is -0.417. The number of nitrogens with two attached hydrogens (primary N) is 1. The minimum Gasteiger partial charge on any atom is -0.490 e. The number of pyridine rings is 1. The third-order valence-corrected chi connectivity index (χ3v) is 7.06. The molecule has 10 heteroatoms. The van der Waals surface area contributed by atoms with E-state index in [1.807, 2.05) is 6.07 Å². The van der Waals surface area contributed by atoms with Gasteiger partial charge in [-0.1, -0.05) is 0 Å². The molecule has 4 N–H and O–H groups in total. The Bertz CT molecular complexity index is 1330. The predicted molar refractivity (Wildman–Crippen MR) is 133 cm³/mol. The molecule has 0 saturated heterocycles. The number of aliphatic hydroxyl groups is 1. The number of halogens is 1. The molecule has 37 heavy (non-hydrogen) atoms. The van der Waals surface area contributed by atoms with Gasteiger partial charge in [0.15, 0.2) is 0 Å². The van der Waals surface area contributed by atoms with E-state index < -0.39 is 17.3 Å². The van der Waals surface area contributed by atoms with Crippen LogP contribution in [0.2, 0.25) is 0 Å². The second-order valence-corrected chi connectivity index (χ2v) is 11.0. The second kappa shape index (κ2) is 9.33. The Labute approximate surface area is 213 Å². The van der Waals surface area contributed by atoms with E-state index in [9.17, 15) is 19.1 Å². The fourth-order valence-electron chi connectivity index (χ4n) is 5.34. The first-order valence-electron chi connectivity index (χ1n) is 12.4. The van der Waals surface area contributed by atoms with Crippen LogP contribution in [0.15, 0.2) is 42.7 Å². The monoisotopic (exact) mass is 510 g/mol. The zero-order chi connectivity index (χ0) is 26.4. The van der Waals surface area contributed by atoms with Gasteiger partial charge in [0.05, 0.1) is 41.6 Å². The van der Waals surface area contributed by atoms with Crippen LogP contribution < -0.4 is 20.5 Å². The van der Waals surface area contributed by atoms with Crippen LogP contribution in [0.5, 0.6) is 11.5 Å². The zero-order valence-corrected chi connectivity index (χ0v) is 20.9. The number of ether oxygens (including phenoxy) is 2. The van der Waals surface area contributed by atoms with Gasteiger partial charge < -0.3 is 25.6 Å². The Morgan fingerprint density at radius 3 is 2.70 bits per heavy atom. The molecule has 196 valence electrons. The molecule has 2 fully saturated rings. The molecule has 1 spiro atoms. The number of carbonyl (C=O) groups excluding carboxylic acids is 2. The number of benzene rings is 1. The number of fused-ring (bicyclic) bond motifs is 1. The van der Waals surface area contributed by atoms with Crippen molar-refractivity contribution in [3.63, 3.8) is 0 Å². The Morgan fingerprint density at radius 1 is 1.24 bits per heavy atom. The summed E-state index contributed by atoms with van der Waals surface area (Å²) in [6.07, 6.45) is 6.97. The van der Waals surface area contributed by atoms with Crippen molar-refractivity contribution in [1.82, 2.24) is 14.9 Å². The van der Waals surface area contributed by atoms with Gasteiger partial charge in [-0.2, -0.15) is 5.10 Å². The molecular formula is C27H31FN4O5. The van der Waals surface area contributed by atoms with E-state index in [0.717, 1.165) is 42.8 Å². The third-order valence-electron chi connectivity index (χ3n) is 7.06. The van der Waals surface area contributed by atoms with E-state index in [-0.39, 0.29) is 42.1 Å². The molecule has 0 atom stereocenters. The lowest BCUT2D eigenvalue weighted by Crippen LogP contribution is -2.59. The van der Waals surface area contributed by atoms with Crippen molar-refractivity contribution < 1.29 is 28.6 Å². The van der Waals surface area contributed by atoms with Gasteiger partial charge in [0, 0.05) is 11.6 Å². The van der Waals surface area contributed by atoms with Gasteiger partial charge in [-0.15, -0.1) is 0 Å². The van der Waals surface area contributed by atoms with Crippen LogP contribution in [0.1, 0.15) is 55.5 Å². The highest BCUT2D eigenvalue weighted by Gasteiger charge is 2.54.